The van der Waals surface area contributed by atoms with E-state index < -0.39 is 14.9 Å². The van der Waals surface area contributed by atoms with E-state index in [0.717, 1.165) is 12.8 Å². The quantitative estimate of drug-likeness (QED) is 0.586. The van der Waals surface area contributed by atoms with Gasteiger partial charge in [0, 0.05) is 38.8 Å². The van der Waals surface area contributed by atoms with Crippen molar-refractivity contribution < 1.29 is 13.3 Å². The molecule has 0 aliphatic carbocycles. The Labute approximate surface area is 137 Å². The molecule has 0 amide bonds. The van der Waals surface area contributed by atoms with Crippen LogP contribution in [0, 0.1) is 16.0 Å². The van der Waals surface area contributed by atoms with Gasteiger partial charge in [0.25, 0.3) is 5.69 Å². The molecule has 1 fully saturated rings. The van der Waals surface area contributed by atoms with Gasteiger partial charge in [-0.15, -0.1) is 0 Å². The van der Waals surface area contributed by atoms with Crippen molar-refractivity contribution in [2.24, 2.45) is 5.92 Å². The monoisotopic (exact) mass is 341 g/mol. The molecular weight excluding hydrogens is 318 g/mol. The van der Waals surface area contributed by atoms with Crippen molar-refractivity contribution in [3.8, 4) is 0 Å². The van der Waals surface area contributed by atoms with Crippen molar-refractivity contribution in [3.05, 3.63) is 28.3 Å². The van der Waals surface area contributed by atoms with Gasteiger partial charge in [-0.3, -0.25) is 10.1 Å². The van der Waals surface area contributed by atoms with Crippen LogP contribution in [-0.2, 0) is 10.0 Å². The number of nitrogens with zero attached hydrogens (tertiary/aromatic N) is 3. The number of anilines is 1. The molecule has 0 spiro atoms. The highest BCUT2D eigenvalue weighted by molar-refractivity contribution is 7.89. The third kappa shape index (κ3) is 3.81. The molecule has 0 radical (unpaired) electrons. The van der Waals surface area contributed by atoms with Crippen molar-refractivity contribution in [2.75, 3.05) is 31.6 Å². The Hall–Kier alpha value is -1.67. The van der Waals surface area contributed by atoms with E-state index in [0.29, 0.717) is 31.2 Å². The predicted molar refractivity (Wildman–Crippen MR) is 89.2 cm³/mol. The first kappa shape index (κ1) is 17.7. The van der Waals surface area contributed by atoms with Crippen molar-refractivity contribution >= 4 is 21.4 Å². The lowest BCUT2D eigenvalue weighted by atomic mass is 10.2. The molecule has 1 aromatic rings. The molecule has 1 heterocycles. The number of nitro benzene ring substituents is 1. The molecule has 1 saturated heterocycles. The van der Waals surface area contributed by atoms with E-state index in [1.165, 1.54) is 22.5 Å². The van der Waals surface area contributed by atoms with E-state index in [1.54, 1.807) is 0 Å². The standard InChI is InChI=1S/C15H23N3O4S/c1-12(2)11-16(3)14-7-6-13(18(19)20)10-15(14)23(21,22)17-8-4-5-9-17/h6-7,10,12H,4-5,8-9,11H2,1-3H3. The van der Waals surface area contributed by atoms with E-state index in [-0.39, 0.29) is 10.6 Å². The molecule has 128 valence electrons. The Morgan fingerprint density at radius 3 is 2.43 bits per heavy atom. The fourth-order valence-corrected chi connectivity index (χ4v) is 4.63. The van der Waals surface area contributed by atoms with Gasteiger partial charge in [-0.2, -0.15) is 4.31 Å². The molecule has 0 atom stereocenters. The van der Waals surface area contributed by atoms with Crippen molar-refractivity contribution in [1.82, 2.24) is 4.31 Å². The zero-order chi connectivity index (χ0) is 17.2. The Kier molecular flexibility index (Phi) is 5.26. The van der Waals surface area contributed by atoms with Gasteiger partial charge < -0.3 is 4.90 Å². The Morgan fingerprint density at radius 2 is 1.91 bits per heavy atom. The van der Waals surface area contributed by atoms with Gasteiger partial charge in [0.05, 0.1) is 10.6 Å². The smallest absolute Gasteiger partial charge is 0.270 e. The summed E-state index contributed by atoms with van der Waals surface area (Å²) in [6, 6.07) is 4.07. The summed E-state index contributed by atoms with van der Waals surface area (Å²) in [6.07, 6.45) is 1.65. The lowest BCUT2D eigenvalue weighted by molar-refractivity contribution is -0.385. The van der Waals surface area contributed by atoms with Gasteiger partial charge in [-0.05, 0) is 24.8 Å². The minimum absolute atomic E-state index is 0.0248. The van der Waals surface area contributed by atoms with Gasteiger partial charge in [-0.1, -0.05) is 13.8 Å². The van der Waals surface area contributed by atoms with Crippen molar-refractivity contribution in [1.29, 1.82) is 0 Å². The van der Waals surface area contributed by atoms with Gasteiger partial charge in [-0.25, -0.2) is 8.42 Å². The summed E-state index contributed by atoms with van der Waals surface area (Å²) in [7, 11) is -1.91. The van der Waals surface area contributed by atoms with E-state index in [9.17, 15) is 18.5 Å². The van der Waals surface area contributed by atoms with Crippen LogP contribution in [0.3, 0.4) is 0 Å². The number of hydrogen-bond acceptors (Lipinski definition) is 5. The zero-order valence-electron chi connectivity index (χ0n) is 13.7. The molecule has 0 N–H and O–H groups in total. The van der Waals surface area contributed by atoms with Crippen LogP contribution >= 0.6 is 0 Å². The second-order valence-corrected chi connectivity index (χ2v) is 8.20. The fraction of sp³-hybridized carbons (Fsp3) is 0.600. The molecule has 1 aliphatic rings. The van der Waals surface area contributed by atoms with E-state index >= 15 is 0 Å². The zero-order valence-corrected chi connectivity index (χ0v) is 14.5. The predicted octanol–water partition coefficient (Wildman–Crippen LogP) is 2.47. The minimum Gasteiger partial charge on any atom is -0.373 e. The van der Waals surface area contributed by atoms with Crippen LogP contribution in [-0.4, -0.2) is 44.3 Å². The van der Waals surface area contributed by atoms with Gasteiger partial charge >= 0.3 is 0 Å². The molecular formula is C15H23N3O4S. The fourth-order valence-electron chi connectivity index (χ4n) is 2.85. The van der Waals surface area contributed by atoms with Gasteiger partial charge in [0.1, 0.15) is 4.90 Å². The average molecular weight is 341 g/mol. The summed E-state index contributed by atoms with van der Waals surface area (Å²) in [5.74, 6) is 0.345. The van der Waals surface area contributed by atoms with Crippen LogP contribution in [0.1, 0.15) is 26.7 Å². The Bertz CT molecular complexity index is 682. The van der Waals surface area contributed by atoms with Gasteiger partial charge in [0.2, 0.25) is 10.0 Å². The summed E-state index contributed by atoms with van der Waals surface area (Å²) >= 11 is 0. The first-order valence-corrected chi connectivity index (χ1v) is 9.17. The first-order valence-electron chi connectivity index (χ1n) is 7.73. The number of hydrogen-bond donors (Lipinski definition) is 0. The Morgan fingerprint density at radius 1 is 1.30 bits per heavy atom. The third-order valence-corrected chi connectivity index (χ3v) is 5.82. The van der Waals surface area contributed by atoms with Crippen molar-refractivity contribution in [3.63, 3.8) is 0 Å². The van der Waals surface area contributed by atoms with E-state index in [1.807, 2.05) is 25.8 Å². The lowest BCUT2D eigenvalue weighted by Gasteiger charge is -2.25. The summed E-state index contributed by atoms with van der Waals surface area (Å²) < 4.78 is 27.2. The molecule has 1 aliphatic heterocycles. The Balaban J connectivity index is 2.52. The summed E-state index contributed by atoms with van der Waals surface area (Å²) in [6.45, 7) is 5.68. The number of nitro groups is 1. The maximum absolute atomic E-state index is 12.9. The molecule has 0 bridgehead atoms. The van der Waals surface area contributed by atoms with Crippen LogP contribution in [0.5, 0.6) is 0 Å². The van der Waals surface area contributed by atoms with Crippen LogP contribution in [0.4, 0.5) is 11.4 Å². The maximum Gasteiger partial charge on any atom is 0.270 e. The number of benzene rings is 1. The van der Waals surface area contributed by atoms with Crippen LogP contribution in [0.15, 0.2) is 23.1 Å². The normalized spacial score (nSPS) is 16.0. The molecule has 0 saturated carbocycles. The number of sulfonamides is 1. The summed E-state index contributed by atoms with van der Waals surface area (Å²) in [5.41, 5.74) is 0.306. The molecule has 23 heavy (non-hydrogen) atoms. The highest BCUT2D eigenvalue weighted by Gasteiger charge is 2.31. The average Bonchev–Trinajstić information content (AvgIpc) is 3.00. The van der Waals surface area contributed by atoms with Crippen LogP contribution in [0.2, 0.25) is 0 Å². The minimum atomic E-state index is -3.72. The second kappa shape index (κ2) is 6.84. The molecule has 0 aromatic heterocycles. The van der Waals surface area contributed by atoms with E-state index in [4.69, 9.17) is 0 Å². The first-order chi connectivity index (χ1) is 10.7. The topological polar surface area (TPSA) is 83.8 Å². The molecule has 2 rings (SSSR count). The summed E-state index contributed by atoms with van der Waals surface area (Å²) in [5, 5.41) is 11.0. The van der Waals surface area contributed by atoms with E-state index in [2.05, 4.69) is 0 Å². The third-order valence-electron chi connectivity index (χ3n) is 3.89. The highest BCUT2D eigenvalue weighted by atomic mass is 32.2. The molecule has 7 nitrogen and oxygen atoms in total. The van der Waals surface area contributed by atoms with Crippen molar-refractivity contribution in [2.45, 2.75) is 31.6 Å². The van der Waals surface area contributed by atoms with Gasteiger partial charge in [0.15, 0.2) is 0 Å². The SMILES string of the molecule is CC(C)CN(C)c1ccc([N+](=O)[O-])cc1S(=O)(=O)N1CCCC1. The molecule has 1 aromatic carbocycles. The second-order valence-electron chi connectivity index (χ2n) is 6.29. The molecule has 0 unspecified atom stereocenters. The number of non-ortho nitro benzene ring substituents is 1. The highest BCUT2D eigenvalue weighted by Crippen LogP contribution is 2.32. The maximum atomic E-state index is 12.9. The van der Waals surface area contributed by atoms with Crippen LogP contribution in [0.25, 0.3) is 0 Å². The molecule has 8 heteroatoms. The summed E-state index contributed by atoms with van der Waals surface area (Å²) in [4.78, 5) is 12.4. The lowest BCUT2D eigenvalue weighted by Crippen LogP contribution is -2.31. The van der Waals surface area contributed by atoms with Crippen LogP contribution < -0.4 is 4.90 Å². The number of rotatable bonds is 6. The largest absolute Gasteiger partial charge is 0.373 e.